The summed E-state index contributed by atoms with van der Waals surface area (Å²) in [4.78, 5) is 19.9. The minimum absolute atomic E-state index is 0.113. The first-order chi connectivity index (χ1) is 16.8. The van der Waals surface area contributed by atoms with Crippen molar-refractivity contribution >= 4 is 23.3 Å². The molecule has 0 bridgehead atoms. The number of phenols is 1. The predicted molar refractivity (Wildman–Crippen MR) is 135 cm³/mol. The molecule has 0 spiro atoms. The van der Waals surface area contributed by atoms with Crippen LogP contribution in [0.15, 0.2) is 95.4 Å². The van der Waals surface area contributed by atoms with Crippen LogP contribution in [0.1, 0.15) is 23.6 Å². The van der Waals surface area contributed by atoms with Crippen LogP contribution in [0.2, 0.25) is 0 Å². The number of amidine groups is 2. The Bertz CT molecular complexity index is 1220. The number of esters is 1. The molecule has 8 nitrogen and oxygen atoms in total. The van der Waals surface area contributed by atoms with E-state index in [1.807, 2.05) is 60.7 Å². The lowest BCUT2D eigenvalue weighted by atomic mass is 10.1. The molecule has 1 unspecified atom stereocenters. The SMILES string of the molecule is C=C(N=C(N=C(N)c1ccccc1)c1ccccc1)c1ccc(OCC(O)COC(C)=O)cc1O. The number of phenolic OH excluding ortho intramolecular Hbond substituents is 1. The van der Waals surface area contributed by atoms with Crippen molar-refractivity contribution in [2.24, 2.45) is 15.7 Å². The number of aliphatic hydroxyl groups is 1. The molecule has 3 aromatic carbocycles. The van der Waals surface area contributed by atoms with Crippen molar-refractivity contribution in [1.29, 1.82) is 0 Å². The second-order valence-electron chi connectivity index (χ2n) is 7.56. The van der Waals surface area contributed by atoms with Crippen LogP contribution in [-0.4, -0.2) is 47.2 Å². The van der Waals surface area contributed by atoms with Crippen LogP contribution in [-0.2, 0) is 9.53 Å². The number of benzene rings is 3. The fraction of sp³-hybridized carbons (Fsp3) is 0.148. The summed E-state index contributed by atoms with van der Waals surface area (Å²) in [5, 5.41) is 20.4. The molecule has 180 valence electrons. The van der Waals surface area contributed by atoms with E-state index in [-0.39, 0.29) is 24.7 Å². The molecule has 4 N–H and O–H groups in total. The third-order valence-electron chi connectivity index (χ3n) is 4.77. The number of aliphatic imine (C=N–C) groups is 2. The zero-order valence-corrected chi connectivity index (χ0v) is 19.3. The predicted octanol–water partition coefficient (Wildman–Crippen LogP) is 3.52. The van der Waals surface area contributed by atoms with Crippen LogP contribution in [0.3, 0.4) is 0 Å². The number of aliphatic hydroxyl groups excluding tert-OH is 1. The Labute approximate surface area is 203 Å². The molecule has 0 saturated carbocycles. The number of carbonyl (C=O) groups is 1. The number of hydrogen-bond donors (Lipinski definition) is 3. The fourth-order valence-corrected chi connectivity index (χ4v) is 3.02. The largest absolute Gasteiger partial charge is 0.507 e. The molecule has 0 aliphatic heterocycles. The average molecular weight is 474 g/mol. The molecule has 0 saturated heterocycles. The highest BCUT2D eigenvalue weighted by molar-refractivity contribution is 6.12. The summed E-state index contributed by atoms with van der Waals surface area (Å²) in [7, 11) is 0. The first-order valence-electron chi connectivity index (χ1n) is 10.8. The molecular formula is C27H27N3O5. The van der Waals surface area contributed by atoms with Crippen molar-refractivity contribution in [2.45, 2.75) is 13.0 Å². The number of nitrogens with two attached hydrogens (primary N) is 1. The number of aromatic hydroxyl groups is 1. The highest BCUT2D eigenvalue weighted by Crippen LogP contribution is 2.30. The summed E-state index contributed by atoms with van der Waals surface area (Å²) in [5.74, 6) is 0.346. The van der Waals surface area contributed by atoms with Crippen molar-refractivity contribution in [3.8, 4) is 11.5 Å². The summed E-state index contributed by atoms with van der Waals surface area (Å²) in [6.45, 7) is 4.95. The molecular weight excluding hydrogens is 446 g/mol. The zero-order chi connectivity index (χ0) is 25.2. The van der Waals surface area contributed by atoms with Crippen LogP contribution in [0, 0.1) is 0 Å². The van der Waals surface area contributed by atoms with Gasteiger partial charge in [0.15, 0.2) is 5.84 Å². The second-order valence-corrected chi connectivity index (χ2v) is 7.56. The average Bonchev–Trinajstić information content (AvgIpc) is 2.86. The highest BCUT2D eigenvalue weighted by atomic mass is 16.5. The maximum atomic E-state index is 10.8. The molecule has 0 aromatic heterocycles. The minimum Gasteiger partial charge on any atom is -0.507 e. The van der Waals surface area contributed by atoms with E-state index in [4.69, 9.17) is 15.2 Å². The van der Waals surface area contributed by atoms with Gasteiger partial charge in [0.2, 0.25) is 0 Å². The van der Waals surface area contributed by atoms with Gasteiger partial charge in [0.1, 0.15) is 36.7 Å². The van der Waals surface area contributed by atoms with Gasteiger partial charge in [-0.1, -0.05) is 67.2 Å². The summed E-state index contributed by atoms with van der Waals surface area (Å²) in [6, 6.07) is 23.2. The van der Waals surface area contributed by atoms with Crippen LogP contribution in [0.4, 0.5) is 0 Å². The molecule has 0 aliphatic rings. The molecule has 0 fully saturated rings. The van der Waals surface area contributed by atoms with Gasteiger partial charge in [0.25, 0.3) is 0 Å². The number of carbonyl (C=O) groups excluding carboxylic acids is 1. The van der Waals surface area contributed by atoms with E-state index < -0.39 is 12.1 Å². The van der Waals surface area contributed by atoms with Crippen LogP contribution < -0.4 is 10.5 Å². The quantitative estimate of drug-likeness (QED) is 0.248. The van der Waals surface area contributed by atoms with Gasteiger partial charge in [-0.3, -0.25) is 4.79 Å². The zero-order valence-electron chi connectivity index (χ0n) is 19.3. The van der Waals surface area contributed by atoms with Crippen LogP contribution in [0.25, 0.3) is 5.70 Å². The molecule has 0 amide bonds. The third kappa shape index (κ3) is 7.55. The van der Waals surface area contributed by atoms with Gasteiger partial charge in [-0.05, 0) is 12.1 Å². The smallest absolute Gasteiger partial charge is 0.302 e. The summed E-state index contributed by atoms with van der Waals surface area (Å²) >= 11 is 0. The maximum Gasteiger partial charge on any atom is 0.302 e. The Balaban J connectivity index is 1.81. The Morgan fingerprint density at radius 2 is 1.60 bits per heavy atom. The lowest BCUT2D eigenvalue weighted by Gasteiger charge is -2.13. The summed E-state index contributed by atoms with van der Waals surface area (Å²) < 4.78 is 10.2. The van der Waals surface area contributed by atoms with E-state index in [2.05, 4.69) is 16.6 Å². The molecule has 0 radical (unpaired) electrons. The third-order valence-corrected chi connectivity index (χ3v) is 4.77. The summed E-state index contributed by atoms with van der Waals surface area (Å²) in [5.41, 5.74) is 8.35. The van der Waals surface area contributed by atoms with Gasteiger partial charge in [0.05, 0.1) is 5.70 Å². The molecule has 3 rings (SSSR count). The van der Waals surface area contributed by atoms with Gasteiger partial charge in [-0.2, -0.15) is 0 Å². The lowest BCUT2D eigenvalue weighted by Crippen LogP contribution is -2.24. The first kappa shape index (κ1) is 25.2. The Morgan fingerprint density at radius 3 is 2.20 bits per heavy atom. The van der Waals surface area contributed by atoms with E-state index in [0.717, 1.165) is 11.1 Å². The van der Waals surface area contributed by atoms with E-state index in [9.17, 15) is 15.0 Å². The monoisotopic (exact) mass is 473 g/mol. The number of nitrogens with zero attached hydrogens (tertiary/aromatic N) is 2. The van der Waals surface area contributed by atoms with Crippen molar-refractivity contribution in [3.05, 3.63) is 102 Å². The van der Waals surface area contributed by atoms with Gasteiger partial charge < -0.3 is 25.4 Å². The van der Waals surface area contributed by atoms with Gasteiger partial charge >= 0.3 is 5.97 Å². The van der Waals surface area contributed by atoms with Gasteiger partial charge in [-0.25, -0.2) is 9.98 Å². The summed E-state index contributed by atoms with van der Waals surface area (Å²) in [6.07, 6.45) is -0.998. The maximum absolute atomic E-state index is 10.8. The lowest BCUT2D eigenvalue weighted by molar-refractivity contribution is -0.144. The molecule has 1 atom stereocenters. The molecule has 0 aliphatic carbocycles. The van der Waals surface area contributed by atoms with E-state index in [1.54, 1.807) is 12.1 Å². The fourth-order valence-electron chi connectivity index (χ4n) is 3.02. The normalized spacial score (nSPS) is 12.6. The van der Waals surface area contributed by atoms with Crippen molar-refractivity contribution < 1.29 is 24.5 Å². The number of rotatable bonds is 9. The van der Waals surface area contributed by atoms with Crippen molar-refractivity contribution in [2.75, 3.05) is 13.2 Å². The first-order valence-corrected chi connectivity index (χ1v) is 10.8. The van der Waals surface area contributed by atoms with Gasteiger partial charge in [0, 0.05) is 29.7 Å². The van der Waals surface area contributed by atoms with Gasteiger partial charge in [-0.15, -0.1) is 0 Å². The molecule has 35 heavy (non-hydrogen) atoms. The Kier molecular flexibility index (Phi) is 8.75. The van der Waals surface area contributed by atoms with E-state index in [0.29, 0.717) is 23.0 Å². The van der Waals surface area contributed by atoms with Crippen molar-refractivity contribution in [1.82, 2.24) is 0 Å². The Morgan fingerprint density at radius 1 is 0.971 bits per heavy atom. The second kappa shape index (κ2) is 12.2. The van der Waals surface area contributed by atoms with E-state index in [1.165, 1.54) is 13.0 Å². The molecule has 3 aromatic rings. The topological polar surface area (TPSA) is 127 Å². The molecule has 0 heterocycles. The van der Waals surface area contributed by atoms with Crippen molar-refractivity contribution in [3.63, 3.8) is 0 Å². The molecule has 8 heteroatoms. The number of ether oxygens (including phenoxy) is 2. The van der Waals surface area contributed by atoms with Crippen LogP contribution in [0.5, 0.6) is 11.5 Å². The standard InChI is InChI=1S/C27H27N3O5/c1-18(24-14-13-23(15-25(24)33)35-17-22(32)16-34-19(2)31)29-27(21-11-7-4-8-12-21)30-26(28)20-9-5-3-6-10-20/h3-15,22,32-33H,1,16-17H2,2H3,(H2,28,29,30). The Hall–Kier alpha value is -4.43. The van der Waals surface area contributed by atoms with Crippen LogP contribution >= 0.6 is 0 Å². The van der Waals surface area contributed by atoms with E-state index >= 15 is 0 Å². The minimum atomic E-state index is -0.998. The highest BCUT2D eigenvalue weighted by Gasteiger charge is 2.12. The number of hydrogen-bond acceptors (Lipinski definition) is 6.